The lowest BCUT2D eigenvalue weighted by Gasteiger charge is -2.23. The average Bonchev–Trinajstić information content (AvgIpc) is 3.08. The molecule has 0 radical (unpaired) electrons. The summed E-state index contributed by atoms with van der Waals surface area (Å²) in [4.78, 5) is 16.8. The molecule has 2 aliphatic carbocycles. The molecule has 0 unspecified atom stereocenters. The van der Waals surface area contributed by atoms with Gasteiger partial charge in [0.05, 0.1) is 6.54 Å². The first-order valence-corrected chi connectivity index (χ1v) is 9.08. The van der Waals surface area contributed by atoms with E-state index in [1.165, 1.54) is 19.3 Å². The average molecular weight is 318 g/mol. The van der Waals surface area contributed by atoms with Gasteiger partial charge in [-0.3, -0.25) is 4.79 Å². The second kappa shape index (κ2) is 6.23. The summed E-state index contributed by atoms with van der Waals surface area (Å²) in [5.41, 5.74) is 0.275. The van der Waals surface area contributed by atoms with Crippen LogP contribution in [-0.2, 0) is 11.3 Å². The number of nitrogens with zero attached hydrogens (tertiary/aromatic N) is 2. The van der Waals surface area contributed by atoms with Crippen molar-refractivity contribution >= 4 is 5.91 Å². The van der Waals surface area contributed by atoms with Gasteiger partial charge in [-0.1, -0.05) is 24.4 Å². The van der Waals surface area contributed by atoms with E-state index in [0.717, 1.165) is 51.0 Å². The number of hydrogen-bond donors (Lipinski definition) is 2. The molecule has 1 aliphatic heterocycles. The summed E-state index contributed by atoms with van der Waals surface area (Å²) in [6.07, 6.45) is 9.42. The van der Waals surface area contributed by atoms with E-state index in [2.05, 4.69) is 20.8 Å². The molecule has 0 aromatic carbocycles. The molecular weight excluding hydrogens is 292 g/mol. The highest BCUT2D eigenvalue weighted by molar-refractivity contribution is 5.82. The topological polar surface area (TPSA) is 80.1 Å². The van der Waals surface area contributed by atoms with Crippen molar-refractivity contribution in [2.45, 2.75) is 63.8 Å². The van der Waals surface area contributed by atoms with Gasteiger partial charge in [0, 0.05) is 11.8 Å². The van der Waals surface area contributed by atoms with E-state index in [9.17, 15) is 4.79 Å². The van der Waals surface area contributed by atoms with E-state index < -0.39 is 0 Å². The number of rotatable bonds is 4. The number of piperidine rings is 1. The Balaban J connectivity index is 1.28. The van der Waals surface area contributed by atoms with Crippen molar-refractivity contribution in [2.24, 2.45) is 11.3 Å². The fraction of sp³-hybridized carbons (Fsp3) is 0.824. The summed E-state index contributed by atoms with van der Waals surface area (Å²) in [5.74, 6) is 2.15. The van der Waals surface area contributed by atoms with Crippen LogP contribution >= 0.6 is 0 Å². The van der Waals surface area contributed by atoms with Crippen molar-refractivity contribution in [3.63, 3.8) is 0 Å². The van der Waals surface area contributed by atoms with E-state index >= 15 is 0 Å². The minimum Gasteiger partial charge on any atom is -0.347 e. The quantitative estimate of drug-likeness (QED) is 0.889. The van der Waals surface area contributed by atoms with Gasteiger partial charge in [-0.15, -0.1) is 0 Å². The van der Waals surface area contributed by atoms with E-state index in [1.54, 1.807) is 0 Å². The summed E-state index contributed by atoms with van der Waals surface area (Å²) in [7, 11) is 0. The maximum Gasteiger partial charge on any atom is 0.246 e. The Hall–Kier alpha value is -1.43. The van der Waals surface area contributed by atoms with Crippen LogP contribution in [0.25, 0.3) is 0 Å². The number of carbonyl (C=O) groups excluding carboxylic acids is 1. The third-order valence-electron chi connectivity index (χ3n) is 5.97. The second-order valence-electron chi connectivity index (χ2n) is 7.47. The van der Waals surface area contributed by atoms with Crippen LogP contribution in [0.3, 0.4) is 0 Å². The number of carbonyl (C=O) groups is 1. The van der Waals surface area contributed by atoms with Crippen molar-refractivity contribution in [1.82, 2.24) is 20.8 Å². The van der Waals surface area contributed by atoms with E-state index in [-0.39, 0.29) is 17.2 Å². The zero-order chi connectivity index (χ0) is 15.7. The van der Waals surface area contributed by atoms with Gasteiger partial charge in [-0.05, 0) is 50.6 Å². The highest BCUT2D eigenvalue weighted by Crippen LogP contribution is 2.58. The lowest BCUT2D eigenvalue weighted by atomic mass is 9.89. The Morgan fingerprint density at radius 3 is 2.83 bits per heavy atom. The molecule has 0 bridgehead atoms. The molecule has 2 saturated carbocycles. The Bertz CT molecular complexity index is 559. The molecule has 6 nitrogen and oxygen atoms in total. The molecule has 1 spiro atoms. The summed E-state index contributed by atoms with van der Waals surface area (Å²) in [6.45, 7) is 2.44. The highest BCUT2D eigenvalue weighted by Gasteiger charge is 2.57. The number of nitrogens with one attached hydrogen (secondary N) is 2. The maximum atomic E-state index is 12.3. The SMILES string of the molecule is O=C(NCc1nc(C2CCCCC2)no1)[C@@H]1CC12CCNCC2. The fourth-order valence-electron chi connectivity index (χ4n) is 4.35. The van der Waals surface area contributed by atoms with Gasteiger partial charge in [0.25, 0.3) is 0 Å². The first-order valence-electron chi connectivity index (χ1n) is 9.08. The van der Waals surface area contributed by atoms with E-state index in [1.807, 2.05) is 0 Å². The minimum atomic E-state index is 0.157. The van der Waals surface area contributed by atoms with Gasteiger partial charge in [-0.25, -0.2) is 0 Å². The number of hydrogen-bond acceptors (Lipinski definition) is 5. The molecular formula is C17H26N4O2. The van der Waals surface area contributed by atoms with Crippen molar-refractivity contribution in [3.8, 4) is 0 Å². The van der Waals surface area contributed by atoms with Crippen molar-refractivity contribution in [2.75, 3.05) is 13.1 Å². The number of amides is 1. The predicted molar refractivity (Wildman–Crippen MR) is 84.6 cm³/mol. The summed E-state index contributed by atoms with van der Waals surface area (Å²) >= 11 is 0. The standard InChI is InChI=1S/C17H26N4O2/c22-16(13-10-17(13)6-8-18-9-7-17)19-11-14-20-15(21-23-14)12-4-2-1-3-5-12/h12-13,18H,1-11H2,(H,19,22)/t13-/m0/s1. The molecule has 1 saturated heterocycles. The molecule has 1 aromatic rings. The molecule has 2 N–H and O–H groups in total. The summed E-state index contributed by atoms with van der Waals surface area (Å²) in [5, 5.41) is 10.5. The minimum absolute atomic E-state index is 0.157. The second-order valence-corrected chi connectivity index (χ2v) is 7.47. The Morgan fingerprint density at radius 1 is 1.26 bits per heavy atom. The van der Waals surface area contributed by atoms with Crippen LogP contribution in [0.2, 0.25) is 0 Å². The van der Waals surface area contributed by atoms with Crippen molar-refractivity contribution < 1.29 is 9.32 Å². The largest absolute Gasteiger partial charge is 0.347 e. The van der Waals surface area contributed by atoms with Crippen LogP contribution in [0.1, 0.15) is 69.0 Å². The summed E-state index contributed by atoms with van der Waals surface area (Å²) in [6, 6.07) is 0. The molecule has 4 rings (SSSR count). The van der Waals surface area contributed by atoms with Gasteiger partial charge < -0.3 is 15.2 Å². The lowest BCUT2D eigenvalue weighted by molar-refractivity contribution is -0.123. The molecule has 3 aliphatic rings. The van der Waals surface area contributed by atoms with Crippen LogP contribution in [0.15, 0.2) is 4.52 Å². The van der Waals surface area contributed by atoms with E-state index in [0.29, 0.717) is 18.4 Å². The molecule has 1 atom stereocenters. The van der Waals surface area contributed by atoms with Crippen molar-refractivity contribution in [3.05, 3.63) is 11.7 Å². The third kappa shape index (κ3) is 3.13. The first-order chi connectivity index (χ1) is 11.3. The van der Waals surface area contributed by atoms with Crippen LogP contribution < -0.4 is 10.6 Å². The molecule has 126 valence electrons. The van der Waals surface area contributed by atoms with Gasteiger partial charge in [-0.2, -0.15) is 4.98 Å². The van der Waals surface area contributed by atoms with Crippen LogP contribution in [0.5, 0.6) is 0 Å². The molecule has 1 aromatic heterocycles. The maximum absolute atomic E-state index is 12.3. The van der Waals surface area contributed by atoms with Crippen LogP contribution in [-0.4, -0.2) is 29.1 Å². The third-order valence-corrected chi connectivity index (χ3v) is 5.97. The van der Waals surface area contributed by atoms with Crippen LogP contribution in [0.4, 0.5) is 0 Å². The van der Waals surface area contributed by atoms with Crippen molar-refractivity contribution in [1.29, 1.82) is 0 Å². The molecule has 23 heavy (non-hydrogen) atoms. The zero-order valence-electron chi connectivity index (χ0n) is 13.6. The Kier molecular flexibility index (Phi) is 4.09. The van der Waals surface area contributed by atoms with Gasteiger partial charge >= 0.3 is 0 Å². The van der Waals surface area contributed by atoms with Crippen LogP contribution in [0, 0.1) is 11.3 Å². The van der Waals surface area contributed by atoms with Gasteiger partial charge in [0.1, 0.15) is 0 Å². The molecule has 3 fully saturated rings. The monoisotopic (exact) mass is 318 g/mol. The van der Waals surface area contributed by atoms with Gasteiger partial charge in [0.2, 0.25) is 11.8 Å². The Morgan fingerprint density at radius 2 is 2.04 bits per heavy atom. The number of aromatic nitrogens is 2. The summed E-state index contributed by atoms with van der Waals surface area (Å²) < 4.78 is 5.32. The van der Waals surface area contributed by atoms with Gasteiger partial charge in [0.15, 0.2) is 5.82 Å². The zero-order valence-corrected chi connectivity index (χ0v) is 13.6. The lowest BCUT2D eigenvalue weighted by Crippen LogP contribution is -2.33. The fourth-order valence-corrected chi connectivity index (χ4v) is 4.35. The first kappa shape index (κ1) is 15.1. The highest BCUT2D eigenvalue weighted by atomic mass is 16.5. The van der Waals surface area contributed by atoms with E-state index in [4.69, 9.17) is 4.52 Å². The smallest absolute Gasteiger partial charge is 0.246 e. The normalized spacial score (nSPS) is 27.0. The Labute approximate surface area is 136 Å². The molecule has 1 amide bonds. The predicted octanol–water partition coefficient (Wildman–Crippen LogP) is 2.12. The molecule has 2 heterocycles. The molecule has 6 heteroatoms.